The number of nitrogens with one attached hydrogen (secondary N) is 1. The molecule has 3 heterocycles. The normalized spacial score (nSPS) is 26.5. The number of aromatic nitrogens is 1. The highest BCUT2D eigenvalue weighted by Gasteiger charge is 2.44. The average molecular weight is 302 g/mol. The molecule has 22 heavy (non-hydrogen) atoms. The molecule has 2 bridgehead atoms. The second kappa shape index (κ2) is 4.74. The van der Waals surface area contributed by atoms with Crippen LogP contribution < -0.4 is 10.9 Å². The predicted octanol–water partition coefficient (Wildman–Crippen LogP) is 2.16. The number of rotatable bonds is 1. The second-order valence-corrected chi connectivity index (χ2v) is 6.31. The summed E-state index contributed by atoms with van der Waals surface area (Å²) in [4.78, 5) is 12.2. The maximum atomic E-state index is 14.3. The highest BCUT2D eigenvalue weighted by molar-refractivity contribution is 5.33. The van der Waals surface area contributed by atoms with Crippen LogP contribution in [-0.2, 0) is 12.0 Å². The summed E-state index contributed by atoms with van der Waals surface area (Å²) in [5.74, 6) is -0.943. The number of hydrogen-bond acceptors (Lipinski definition) is 2. The van der Waals surface area contributed by atoms with E-state index in [4.69, 9.17) is 0 Å². The van der Waals surface area contributed by atoms with Gasteiger partial charge >= 0.3 is 0 Å². The van der Waals surface area contributed by atoms with E-state index in [-0.39, 0.29) is 11.5 Å². The molecule has 0 radical (unpaired) electrons. The fourth-order valence-electron chi connectivity index (χ4n) is 4.01. The summed E-state index contributed by atoms with van der Waals surface area (Å²) in [5, 5.41) is 3.35. The van der Waals surface area contributed by atoms with Crippen molar-refractivity contribution in [2.24, 2.45) is 0 Å². The van der Waals surface area contributed by atoms with Gasteiger partial charge in [-0.1, -0.05) is 12.1 Å². The Balaban J connectivity index is 1.89. The van der Waals surface area contributed by atoms with Gasteiger partial charge in [-0.3, -0.25) is 4.79 Å². The minimum atomic E-state index is -0.577. The van der Waals surface area contributed by atoms with Crippen molar-refractivity contribution < 1.29 is 8.78 Å². The molecule has 0 saturated carbocycles. The minimum absolute atomic E-state index is 0.0593. The molecule has 0 aliphatic carbocycles. The highest BCUT2D eigenvalue weighted by atomic mass is 19.1. The van der Waals surface area contributed by atoms with E-state index in [1.807, 2.05) is 6.07 Å². The zero-order valence-electron chi connectivity index (χ0n) is 12.0. The second-order valence-electron chi connectivity index (χ2n) is 6.31. The van der Waals surface area contributed by atoms with Crippen LogP contribution in [0.15, 0.2) is 41.2 Å². The van der Waals surface area contributed by atoms with Crippen LogP contribution in [0.3, 0.4) is 0 Å². The first-order valence-electron chi connectivity index (χ1n) is 7.45. The maximum Gasteiger partial charge on any atom is 0.250 e. The van der Waals surface area contributed by atoms with Crippen LogP contribution in [0.1, 0.15) is 23.6 Å². The van der Waals surface area contributed by atoms with E-state index in [2.05, 4.69) is 5.32 Å². The Morgan fingerprint density at radius 2 is 2.09 bits per heavy atom. The lowest BCUT2D eigenvalue weighted by Gasteiger charge is -2.47. The molecule has 1 saturated heterocycles. The van der Waals surface area contributed by atoms with Crippen LogP contribution in [0.2, 0.25) is 0 Å². The Labute approximate surface area is 126 Å². The fraction of sp³-hybridized carbons (Fsp3) is 0.353. The van der Waals surface area contributed by atoms with Crippen molar-refractivity contribution in [3.05, 3.63) is 69.6 Å². The van der Waals surface area contributed by atoms with Crippen LogP contribution in [0.4, 0.5) is 8.78 Å². The Morgan fingerprint density at radius 3 is 2.91 bits per heavy atom. The Kier molecular flexibility index (Phi) is 2.94. The summed E-state index contributed by atoms with van der Waals surface area (Å²) in [6.45, 7) is 1.79. The van der Waals surface area contributed by atoms with Crippen molar-refractivity contribution in [1.82, 2.24) is 9.88 Å². The standard InChI is InChI=1S/C17H16F2N2O/c18-12-4-5-13(14(19)6-12)17-7-11(8-20-9-17)15-2-1-3-16(22)21(15)10-17/h1-6,11,20H,7-10H2/t11-,17-/m1/s1. The molecule has 5 heteroatoms. The van der Waals surface area contributed by atoms with Crippen molar-refractivity contribution in [3.63, 3.8) is 0 Å². The van der Waals surface area contributed by atoms with E-state index in [0.29, 0.717) is 18.7 Å². The van der Waals surface area contributed by atoms with Gasteiger partial charge in [0.15, 0.2) is 0 Å². The third-order valence-corrected chi connectivity index (χ3v) is 4.96. The Bertz CT molecular complexity index is 801. The molecule has 114 valence electrons. The topological polar surface area (TPSA) is 34.0 Å². The monoisotopic (exact) mass is 302 g/mol. The summed E-state index contributed by atoms with van der Waals surface area (Å²) in [5.41, 5.74) is 0.931. The molecule has 1 aromatic carbocycles. The zero-order valence-corrected chi connectivity index (χ0v) is 12.0. The van der Waals surface area contributed by atoms with E-state index in [1.54, 1.807) is 10.6 Å². The van der Waals surface area contributed by atoms with Gasteiger partial charge in [0, 0.05) is 48.8 Å². The van der Waals surface area contributed by atoms with Crippen LogP contribution in [0.25, 0.3) is 0 Å². The van der Waals surface area contributed by atoms with E-state index in [0.717, 1.165) is 24.7 Å². The number of fused-ring (bicyclic) bond motifs is 4. The number of hydrogen-bond donors (Lipinski definition) is 1. The molecule has 0 spiro atoms. The SMILES string of the molecule is O=c1cccc2n1C[C@]1(c3ccc(F)cc3F)CNC[C@H]2C1. The summed E-state index contributed by atoms with van der Waals surface area (Å²) >= 11 is 0. The Hall–Kier alpha value is -2.01. The van der Waals surface area contributed by atoms with Gasteiger partial charge in [-0.2, -0.15) is 0 Å². The van der Waals surface area contributed by atoms with Gasteiger partial charge in [-0.05, 0) is 24.1 Å². The number of piperidine rings is 1. The maximum absolute atomic E-state index is 14.3. The number of pyridine rings is 1. The predicted molar refractivity (Wildman–Crippen MR) is 79.0 cm³/mol. The van der Waals surface area contributed by atoms with Gasteiger partial charge in [-0.25, -0.2) is 8.78 Å². The minimum Gasteiger partial charge on any atom is -0.315 e. The molecule has 1 aromatic heterocycles. The summed E-state index contributed by atoms with van der Waals surface area (Å²) in [6, 6.07) is 9.01. The van der Waals surface area contributed by atoms with Crippen LogP contribution in [0.5, 0.6) is 0 Å². The molecule has 2 aromatic rings. The fourth-order valence-corrected chi connectivity index (χ4v) is 4.01. The molecule has 0 unspecified atom stereocenters. The molecule has 1 fully saturated rings. The third-order valence-electron chi connectivity index (χ3n) is 4.96. The van der Waals surface area contributed by atoms with Gasteiger partial charge in [0.25, 0.3) is 5.56 Å². The lowest BCUT2D eigenvalue weighted by Crippen LogP contribution is -2.55. The van der Waals surface area contributed by atoms with Crippen molar-refractivity contribution in [3.8, 4) is 0 Å². The quantitative estimate of drug-likeness (QED) is 0.876. The van der Waals surface area contributed by atoms with Gasteiger partial charge in [-0.15, -0.1) is 0 Å². The largest absolute Gasteiger partial charge is 0.315 e. The zero-order chi connectivity index (χ0) is 15.3. The van der Waals surface area contributed by atoms with Crippen molar-refractivity contribution >= 4 is 0 Å². The average Bonchev–Trinajstić information content (AvgIpc) is 2.49. The lowest BCUT2D eigenvalue weighted by molar-refractivity contribution is 0.202. The van der Waals surface area contributed by atoms with E-state index >= 15 is 0 Å². The van der Waals surface area contributed by atoms with Gasteiger partial charge < -0.3 is 9.88 Å². The van der Waals surface area contributed by atoms with E-state index < -0.39 is 17.0 Å². The summed E-state index contributed by atoms with van der Waals surface area (Å²) < 4.78 is 29.3. The smallest absolute Gasteiger partial charge is 0.250 e. The molecule has 1 N–H and O–H groups in total. The van der Waals surface area contributed by atoms with Crippen molar-refractivity contribution in [2.75, 3.05) is 13.1 Å². The molecule has 3 nitrogen and oxygen atoms in total. The van der Waals surface area contributed by atoms with Gasteiger partial charge in [0.2, 0.25) is 0 Å². The first-order chi connectivity index (χ1) is 10.6. The molecule has 2 aliphatic heterocycles. The molecule has 0 amide bonds. The molecular formula is C17H16F2N2O. The highest BCUT2D eigenvalue weighted by Crippen LogP contribution is 2.43. The number of halogens is 2. The van der Waals surface area contributed by atoms with Gasteiger partial charge in [0.05, 0.1) is 0 Å². The first-order valence-corrected chi connectivity index (χ1v) is 7.45. The van der Waals surface area contributed by atoms with Crippen LogP contribution >= 0.6 is 0 Å². The van der Waals surface area contributed by atoms with Crippen molar-refractivity contribution in [2.45, 2.75) is 24.3 Å². The molecule has 2 aliphatic rings. The Morgan fingerprint density at radius 1 is 1.23 bits per heavy atom. The van der Waals surface area contributed by atoms with E-state index in [9.17, 15) is 13.6 Å². The van der Waals surface area contributed by atoms with Crippen LogP contribution in [0, 0.1) is 11.6 Å². The van der Waals surface area contributed by atoms with E-state index in [1.165, 1.54) is 18.2 Å². The lowest BCUT2D eigenvalue weighted by atomic mass is 9.68. The van der Waals surface area contributed by atoms with Gasteiger partial charge in [0.1, 0.15) is 11.6 Å². The molecular weight excluding hydrogens is 286 g/mol. The third kappa shape index (κ3) is 1.92. The molecule has 2 atom stereocenters. The van der Waals surface area contributed by atoms with Crippen molar-refractivity contribution in [1.29, 1.82) is 0 Å². The summed E-state index contributed by atoms with van der Waals surface area (Å²) in [7, 11) is 0. The summed E-state index contributed by atoms with van der Waals surface area (Å²) in [6.07, 6.45) is 0.770. The number of benzene rings is 1. The van der Waals surface area contributed by atoms with Crippen LogP contribution in [-0.4, -0.2) is 17.7 Å². The first kappa shape index (κ1) is 13.6. The molecule has 4 rings (SSSR count). The number of nitrogens with zero attached hydrogens (tertiary/aromatic N) is 1.